The maximum Gasteiger partial charge on any atom is 0.309 e. The number of rotatable bonds is 4. The Hall–Kier alpha value is -2.37. The Morgan fingerprint density at radius 2 is 1.70 bits per heavy atom. The summed E-state index contributed by atoms with van der Waals surface area (Å²) < 4.78 is 5.38. The fourth-order valence-corrected chi connectivity index (χ4v) is 2.37. The molecule has 3 aromatic rings. The number of carbonyl (C=O) groups is 1. The van der Waals surface area contributed by atoms with Gasteiger partial charge in [-0.2, -0.15) is 0 Å². The molecule has 0 unspecified atom stereocenters. The lowest BCUT2D eigenvalue weighted by molar-refractivity contribution is 0.0917. The van der Waals surface area contributed by atoms with Crippen LogP contribution >= 0.6 is 23.2 Å². The van der Waals surface area contributed by atoms with Crippen molar-refractivity contribution in [2.75, 3.05) is 0 Å². The normalized spacial score (nSPS) is 10.5. The maximum atomic E-state index is 12.1. The lowest BCUT2D eigenvalue weighted by Gasteiger charge is -2.04. The fourth-order valence-electron chi connectivity index (χ4n) is 1.95. The van der Waals surface area contributed by atoms with E-state index in [1.165, 1.54) is 0 Å². The molecular weight excluding hydrogens is 337 g/mol. The fraction of sp³-hybridized carbons (Fsp3) is 0.0625. The molecule has 0 spiro atoms. The average molecular weight is 348 g/mol. The first-order valence-corrected chi connectivity index (χ1v) is 7.51. The molecule has 0 aliphatic rings. The van der Waals surface area contributed by atoms with Gasteiger partial charge < -0.3 is 9.73 Å². The molecular formula is C16H11Cl2N3O2. The van der Waals surface area contributed by atoms with Crippen LogP contribution in [0.15, 0.2) is 52.9 Å². The third-order valence-electron chi connectivity index (χ3n) is 3.12. The van der Waals surface area contributed by atoms with E-state index in [2.05, 4.69) is 15.5 Å². The SMILES string of the molecule is O=C(NCc1ccccc1Cl)c1nnc(-c2ccccc2Cl)o1. The number of aromatic nitrogens is 2. The van der Waals surface area contributed by atoms with Gasteiger partial charge in [-0.1, -0.05) is 53.5 Å². The van der Waals surface area contributed by atoms with Crippen molar-refractivity contribution in [1.29, 1.82) is 0 Å². The molecule has 1 aromatic heterocycles. The number of amides is 1. The van der Waals surface area contributed by atoms with E-state index in [0.717, 1.165) is 5.56 Å². The smallest absolute Gasteiger partial charge is 0.309 e. The van der Waals surface area contributed by atoms with E-state index in [-0.39, 0.29) is 18.3 Å². The number of carbonyl (C=O) groups excluding carboxylic acids is 1. The molecule has 7 heteroatoms. The summed E-state index contributed by atoms with van der Waals surface area (Å²) in [7, 11) is 0. The first-order chi connectivity index (χ1) is 11.1. The van der Waals surface area contributed by atoms with Gasteiger partial charge in [-0.15, -0.1) is 10.2 Å². The molecule has 1 heterocycles. The van der Waals surface area contributed by atoms with Crippen molar-refractivity contribution in [2.24, 2.45) is 0 Å². The monoisotopic (exact) mass is 347 g/mol. The van der Waals surface area contributed by atoms with Gasteiger partial charge in [0.2, 0.25) is 5.89 Å². The molecule has 0 radical (unpaired) electrons. The zero-order valence-corrected chi connectivity index (χ0v) is 13.3. The van der Waals surface area contributed by atoms with Crippen LogP contribution in [0.3, 0.4) is 0 Å². The maximum absolute atomic E-state index is 12.1. The first kappa shape index (κ1) is 15.5. The molecule has 0 bridgehead atoms. The predicted molar refractivity (Wildman–Crippen MR) is 87.4 cm³/mol. The molecule has 0 saturated carbocycles. The number of hydrogen-bond donors (Lipinski definition) is 1. The molecule has 116 valence electrons. The minimum absolute atomic E-state index is 0.132. The average Bonchev–Trinajstić information content (AvgIpc) is 3.04. The highest BCUT2D eigenvalue weighted by molar-refractivity contribution is 6.33. The summed E-state index contributed by atoms with van der Waals surface area (Å²) in [5.41, 5.74) is 1.38. The van der Waals surface area contributed by atoms with Gasteiger partial charge in [-0.05, 0) is 23.8 Å². The van der Waals surface area contributed by atoms with E-state index in [1.807, 2.05) is 18.2 Å². The number of halogens is 2. The van der Waals surface area contributed by atoms with Crippen LogP contribution in [0.5, 0.6) is 0 Å². The van der Waals surface area contributed by atoms with Crippen LogP contribution in [0.25, 0.3) is 11.5 Å². The molecule has 2 aromatic carbocycles. The van der Waals surface area contributed by atoms with Gasteiger partial charge in [0.15, 0.2) is 0 Å². The lowest BCUT2D eigenvalue weighted by Crippen LogP contribution is -2.23. The van der Waals surface area contributed by atoms with E-state index in [4.69, 9.17) is 27.6 Å². The van der Waals surface area contributed by atoms with E-state index in [9.17, 15) is 4.79 Å². The van der Waals surface area contributed by atoms with E-state index < -0.39 is 5.91 Å². The largest absolute Gasteiger partial charge is 0.412 e. The Bertz CT molecular complexity index is 849. The molecule has 5 nitrogen and oxygen atoms in total. The van der Waals surface area contributed by atoms with Gasteiger partial charge >= 0.3 is 11.8 Å². The summed E-state index contributed by atoms with van der Waals surface area (Å²) in [6, 6.07) is 14.3. The van der Waals surface area contributed by atoms with Crippen LogP contribution in [-0.4, -0.2) is 16.1 Å². The Labute approximate surface area is 142 Å². The van der Waals surface area contributed by atoms with Crippen molar-refractivity contribution >= 4 is 29.1 Å². The van der Waals surface area contributed by atoms with Gasteiger partial charge in [0.25, 0.3) is 0 Å². The van der Waals surface area contributed by atoms with Crippen molar-refractivity contribution < 1.29 is 9.21 Å². The Morgan fingerprint density at radius 1 is 1.00 bits per heavy atom. The number of nitrogens with one attached hydrogen (secondary N) is 1. The summed E-state index contributed by atoms with van der Waals surface area (Å²) in [5.74, 6) is -0.416. The highest BCUT2D eigenvalue weighted by Crippen LogP contribution is 2.26. The molecule has 23 heavy (non-hydrogen) atoms. The van der Waals surface area contributed by atoms with Crippen molar-refractivity contribution in [3.05, 3.63) is 70.0 Å². The van der Waals surface area contributed by atoms with E-state index in [0.29, 0.717) is 15.6 Å². The topological polar surface area (TPSA) is 68.0 Å². The first-order valence-electron chi connectivity index (χ1n) is 6.75. The van der Waals surface area contributed by atoms with Crippen LogP contribution in [0.1, 0.15) is 16.2 Å². The molecule has 3 rings (SSSR count). The molecule has 1 N–H and O–H groups in total. The zero-order chi connectivity index (χ0) is 16.2. The van der Waals surface area contributed by atoms with Crippen LogP contribution in [0.4, 0.5) is 0 Å². The van der Waals surface area contributed by atoms with Crippen LogP contribution < -0.4 is 5.32 Å². The Balaban J connectivity index is 1.72. The summed E-state index contributed by atoms with van der Waals surface area (Å²) in [6.45, 7) is 0.266. The van der Waals surface area contributed by atoms with Crippen molar-refractivity contribution in [2.45, 2.75) is 6.54 Å². The molecule has 0 atom stereocenters. The summed E-state index contributed by atoms with van der Waals surface area (Å²) in [6.07, 6.45) is 0. The van der Waals surface area contributed by atoms with Crippen LogP contribution in [-0.2, 0) is 6.54 Å². The minimum Gasteiger partial charge on any atom is -0.412 e. The quantitative estimate of drug-likeness (QED) is 0.775. The summed E-state index contributed by atoms with van der Waals surface area (Å²) in [5, 5.41) is 11.3. The highest BCUT2D eigenvalue weighted by Gasteiger charge is 2.17. The lowest BCUT2D eigenvalue weighted by atomic mass is 10.2. The van der Waals surface area contributed by atoms with Crippen molar-refractivity contribution in [3.63, 3.8) is 0 Å². The van der Waals surface area contributed by atoms with Crippen LogP contribution in [0.2, 0.25) is 10.0 Å². The molecule has 0 saturated heterocycles. The third-order valence-corrected chi connectivity index (χ3v) is 3.82. The summed E-state index contributed by atoms with van der Waals surface area (Å²) in [4.78, 5) is 12.1. The third kappa shape index (κ3) is 3.52. The van der Waals surface area contributed by atoms with E-state index >= 15 is 0 Å². The van der Waals surface area contributed by atoms with Gasteiger partial charge in [0, 0.05) is 11.6 Å². The minimum atomic E-state index is -0.476. The highest BCUT2D eigenvalue weighted by atomic mass is 35.5. The standard InChI is InChI=1S/C16H11Cl2N3O2/c17-12-7-3-1-5-10(12)9-19-14(22)16-21-20-15(23-16)11-6-2-4-8-13(11)18/h1-8H,9H2,(H,19,22). The van der Waals surface area contributed by atoms with Crippen LogP contribution in [0, 0.1) is 0 Å². The van der Waals surface area contributed by atoms with Crippen molar-refractivity contribution in [1.82, 2.24) is 15.5 Å². The van der Waals surface area contributed by atoms with E-state index in [1.54, 1.807) is 30.3 Å². The van der Waals surface area contributed by atoms with Gasteiger partial charge in [-0.25, -0.2) is 0 Å². The molecule has 1 amide bonds. The zero-order valence-electron chi connectivity index (χ0n) is 11.8. The molecule has 0 aliphatic heterocycles. The van der Waals surface area contributed by atoms with Gasteiger partial charge in [-0.3, -0.25) is 4.79 Å². The van der Waals surface area contributed by atoms with Crippen molar-refractivity contribution in [3.8, 4) is 11.5 Å². The Morgan fingerprint density at radius 3 is 2.43 bits per heavy atom. The number of hydrogen-bond acceptors (Lipinski definition) is 4. The van der Waals surface area contributed by atoms with Gasteiger partial charge in [0.1, 0.15) is 0 Å². The number of benzene rings is 2. The predicted octanol–water partition coefficient (Wildman–Crippen LogP) is 3.97. The second-order valence-corrected chi connectivity index (χ2v) is 5.48. The number of nitrogens with zero attached hydrogens (tertiary/aromatic N) is 2. The molecule has 0 fully saturated rings. The second kappa shape index (κ2) is 6.81. The van der Waals surface area contributed by atoms with Gasteiger partial charge in [0.05, 0.1) is 10.6 Å². The molecule has 0 aliphatic carbocycles. The Kier molecular flexibility index (Phi) is 4.60. The second-order valence-electron chi connectivity index (χ2n) is 4.67. The summed E-state index contributed by atoms with van der Waals surface area (Å²) >= 11 is 12.1.